The van der Waals surface area contributed by atoms with Gasteiger partial charge in [0.05, 0.1) is 18.7 Å². The number of anilines is 1. The lowest BCUT2D eigenvalue weighted by molar-refractivity contribution is 0.414. The molecule has 1 aliphatic rings. The van der Waals surface area contributed by atoms with E-state index in [-0.39, 0.29) is 0 Å². The van der Waals surface area contributed by atoms with E-state index in [1.807, 2.05) is 25.4 Å². The highest BCUT2D eigenvalue weighted by Gasteiger charge is 2.18. The Balaban J connectivity index is 1.61. The second-order valence-electron chi connectivity index (χ2n) is 5.86. The molecule has 0 unspecified atom stereocenters. The Hall–Kier alpha value is -2.89. The molecule has 0 bridgehead atoms. The number of nitrogens with zero attached hydrogens (tertiary/aromatic N) is 5. The fourth-order valence-electron chi connectivity index (χ4n) is 3.15. The maximum absolute atomic E-state index is 5.32. The molecule has 3 aromatic rings. The highest BCUT2D eigenvalue weighted by atomic mass is 16.5. The van der Waals surface area contributed by atoms with Gasteiger partial charge in [-0.05, 0) is 29.7 Å². The van der Waals surface area contributed by atoms with Crippen LogP contribution in [-0.2, 0) is 7.05 Å². The second-order valence-corrected chi connectivity index (χ2v) is 5.86. The van der Waals surface area contributed by atoms with E-state index in [0.717, 1.165) is 42.1 Å². The van der Waals surface area contributed by atoms with E-state index >= 15 is 0 Å². The number of fused-ring (bicyclic) bond motifs is 1. The Labute approximate surface area is 140 Å². The van der Waals surface area contributed by atoms with Crippen molar-refractivity contribution in [2.24, 2.45) is 7.05 Å². The van der Waals surface area contributed by atoms with Crippen molar-refractivity contribution in [1.82, 2.24) is 19.7 Å². The Morgan fingerprint density at radius 1 is 1.21 bits per heavy atom. The number of hydrogen-bond donors (Lipinski definition) is 0. The van der Waals surface area contributed by atoms with Crippen LogP contribution in [0.1, 0.15) is 12.0 Å². The molecule has 0 atom stereocenters. The smallest absolute Gasteiger partial charge is 0.163 e. The van der Waals surface area contributed by atoms with Crippen LogP contribution in [0.5, 0.6) is 5.75 Å². The normalized spacial score (nSPS) is 14.8. The summed E-state index contributed by atoms with van der Waals surface area (Å²) in [6.07, 6.45) is 6.69. The molecule has 1 aromatic carbocycles. The molecule has 6 nitrogen and oxygen atoms in total. The zero-order valence-electron chi connectivity index (χ0n) is 13.8. The lowest BCUT2D eigenvalue weighted by atomic mass is 9.99. The Morgan fingerprint density at radius 3 is 2.92 bits per heavy atom. The Kier molecular flexibility index (Phi) is 3.65. The molecule has 3 heterocycles. The molecule has 0 radical (unpaired) electrons. The predicted octanol–water partition coefficient (Wildman–Crippen LogP) is 2.67. The standard InChI is InChI=1S/C18H19N5O/c1-22-17-16(11-21-22)18(20-12-19-17)23-8-6-13(7-9-23)14-4-3-5-15(10-14)24-2/h3-6,10-12H,7-9H2,1-2H3. The molecule has 122 valence electrons. The fourth-order valence-corrected chi connectivity index (χ4v) is 3.15. The molecular formula is C18H19N5O. The van der Waals surface area contributed by atoms with Crippen molar-refractivity contribution in [3.8, 4) is 5.75 Å². The molecule has 4 rings (SSSR count). The number of methoxy groups -OCH3 is 1. The lowest BCUT2D eigenvalue weighted by Gasteiger charge is -2.28. The maximum Gasteiger partial charge on any atom is 0.163 e. The first kappa shape index (κ1) is 14.7. The van der Waals surface area contributed by atoms with Gasteiger partial charge < -0.3 is 9.64 Å². The Bertz CT molecular complexity index is 915. The lowest BCUT2D eigenvalue weighted by Crippen LogP contribution is -2.29. The summed E-state index contributed by atoms with van der Waals surface area (Å²) in [6, 6.07) is 8.23. The molecule has 0 N–H and O–H groups in total. The van der Waals surface area contributed by atoms with Crippen LogP contribution in [0.2, 0.25) is 0 Å². The van der Waals surface area contributed by atoms with Crippen molar-refractivity contribution >= 4 is 22.4 Å². The first-order chi connectivity index (χ1) is 11.8. The van der Waals surface area contributed by atoms with Crippen LogP contribution < -0.4 is 9.64 Å². The minimum Gasteiger partial charge on any atom is -0.497 e. The third-order valence-electron chi connectivity index (χ3n) is 4.46. The molecular weight excluding hydrogens is 302 g/mol. The third-order valence-corrected chi connectivity index (χ3v) is 4.46. The molecule has 0 amide bonds. The molecule has 0 spiro atoms. The van der Waals surface area contributed by atoms with Gasteiger partial charge in [-0.15, -0.1) is 0 Å². The van der Waals surface area contributed by atoms with E-state index < -0.39 is 0 Å². The molecule has 0 aliphatic carbocycles. The molecule has 24 heavy (non-hydrogen) atoms. The topological polar surface area (TPSA) is 56.1 Å². The summed E-state index contributed by atoms with van der Waals surface area (Å²) in [5, 5.41) is 5.29. The van der Waals surface area contributed by atoms with Gasteiger partial charge in [0.15, 0.2) is 5.65 Å². The summed E-state index contributed by atoms with van der Waals surface area (Å²) in [7, 11) is 3.60. The number of ether oxygens (including phenoxy) is 1. The highest BCUT2D eigenvalue weighted by Crippen LogP contribution is 2.29. The van der Waals surface area contributed by atoms with Crippen LogP contribution in [0.25, 0.3) is 16.6 Å². The zero-order valence-corrected chi connectivity index (χ0v) is 13.8. The number of hydrogen-bond acceptors (Lipinski definition) is 5. The van der Waals surface area contributed by atoms with Gasteiger partial charge in [-0.3, -0.25) is 4.68 Å². The van der Waals surface area contributed by atoms with Crippen LogP contribution in [0, 0.1) is 0 Å². The van der Waals surface area contributed by atoms with Crippen molar-refractivity contribution in [2.75, 3.05) is 25.1 Å². The van der Waals surface area contributed by atoms with Gasteiger partial charge in [0.1, 0.15) is 17.9 Å². The predicted molar refractivity (Wildman–Crippen MR) is 94.1 cm³/mol. The van der Waals surface area contributed by atoms with Gasteiger partial charge in [-0.25, -0.2) is 9.97 Å². The molecule has 0 saturated heterocycles. The van der Waals surface area contributed by atoms with Gasteiger partial charge in [0.25, 0.3) is 0 Å². The summed E-state index contributed by atoms with van der Waals surface area (Å²) in [5.41, 5.74) is 3.44. The van der Waals surface area contributed by atoms with Crippen molar-refractivity contribution in [1.29, 1.82) is 0 Å². The minimum absolute atomic E-state index is 0.827. The number of aryl methyl sites for hydroxylation is 1. The van der Waals surface area contributed by atoms with Gasteiger partial charge >= 0.3 is 0 Å². The largest absolute Gasteiger partial charge is 0.497 e. The van der Waals surface area contributed by atoms with Crippen molar-refractivity contribution in [2.45, 2.75) is 6.42 Å². The van der Waals surface area contributed by atoms with Gasteiger partial charge in [0, 0.05) is 20.1 Å². The third kappa shape index (κ3) is 2.50. The van der Waals surface area contributed by atoms with Crippen LogP contribution in [0.15, 0.2) is 42.9 Å². The molecule has 6 heteroatoms. The maximum atomic E-state index is 5.32. The van der Waals surface area contributed by atoms with E-state index in [9.17, 15) is 0 Å². The average molecular weight is 321 g/mol. The van der Waals surface area contributed by atoms with Crippen LogP contribution in [0.4, 0.5) is 5.82 Å². The minimum atomic E-state index is 0.827. The summed E-state index contributed by atoms with van der Waals surface area (Å²) in [5.74, 6) is 1.85. The fraction of sp³-hybridized carbons (Fsp3) is 0.278. The monoisotopic (exact) mass is 321 g/mol. The van der Waals surface area contributed by atoms with Crippen molar-refractivity contribution in [3.63, 3.8) is 0 Å². The molecule has 0 fully saturated rings. The van der Waals surface area contributed by atoms with Crippen LogP contribution >= 0.6 is 0 Å². The van der Waals surface area contributed by atoms with E-state index in [0.29, 0.717) is 0 Å². The van der Waals surface area contributed by atoms with Crippen molar-refractivity contribution in [3.05, 3.63) is 48.4 Å². The van der Waals surface area contributed by atoms with E-state index in [1.54, 1.807) is 18.1 Å². The molecule has 1 aliphatic heterocycles. The Morgan fingerprint density at radius 2 is 2.12 bits per heavy atom. The van der Waals surface area contributed by atoms with E-state index in [4.69, 9.17) is 4.74 Å². The second kappa shape index (κ2) is 5.96. The number of rotatable bonds is 3. The van der Waals surface area contributed by atoms with Crippen LogP contribution in [-0.4, -0.2) is 39.9 Å². The summed E-state index contributed by atoms with van der Waals surface area (Å²) >= 11 is 0. The average Bonchev–Trinajstić information content (AvgIpc) is 3.03. The number of aromatic nitrogens is 4. The quantitative estimate of drug-likeness (QED) is 0.742. The van der Waals surface area contributed by atoms with Gasteiger partial charge in [-0.1, -0.05) is 18.2 Å². The molecule has 2 aromatic heterocycles. The van der Waals surface area contributed by atoms with Crippen LogP contribution in [0.3, 0.4) is 0 Å². The SMILES string of the molecule is COc1cccc(C2=CCN(c3ncnc4c3cnn4C)CC2)c1. The van der Waals surface area contributed by atoms with E-state index in [2.05, 4.69) is 38.2 Å². The molecule has 0 saturated carbocycles. The van der Waals surface area contributed by atoms with Gasteiger partial charge in [0.2, 0.25) is 0 Å². The first-order valence-electron chi connectivity index (χ1n) is 7.97. The van der Waals surface area contributed by atoms with E-state index in [1.165, 1.54) is 11.1 Å². The van der Waals surface area contributed by atoms with Crippen molar-refractivity contribution < 1.29 is 4.74 Å². The summed E-state index contributed by atoms with van der Waals surface area (Å²) < 4.78 is 7.10. The number of benzene rings is 1. The first-order valence-corrected chi connectivity index (χ1v) is 7.97. The van der Waals surface area contributed by atoms with Gasteiger partial charge in [-0.2, -0.15) is 5.10 Å². The zero-order chi connectivity index (χ0) is 16.5. The summed E-state index contributed by atoms with van der Waals surface area (Å²) in [4.78, 5) is 11.1. The highest BCUT2D eigenvalue weighted by molar-refractivity contribution is 5.87. The summed E-state index contributed by atoms with van der Waals surface area (Å²) in [6.45, 7) is 1.75.